The highest BCUT2D eigenvalue weighted by molar-refractivity contribution is 6.06. The number of para-hydroxylation sites is 4. The number of imidazole rings is 2. The van der Waals surface area contributed by atoms with Gasteiger partial charge in [0.25, 0.3) is 0 Å². The molecule has 4 aromatic carbocycles. The zero-order valence-electron chi connectivity index (χ0n) is 19.5. The Balaban J connectivity index is 1.27. The Kier molecular flexibility index (Phi) is 3.42. The Bertz CT molecular complexity index is 2160. The molecule has 0 radical (unpaired) electrons. The minimum Gasteiger partial charge on any atom is -0.456 e. The van der Waals surface area contributed by atoms with E-state index in [2.05, 4.69) is 92.1 Å². The normalized spacial score (nSPS) is 12.3. The number of fused-ring (bicyclic) bond motifs is 9. The highest BCUT2D eigenvalue weighted by Crippen LogP contribution is 2.34. The predicted molar refractivity (Wildman–Crippen MR) is 145 cm³/mol. The van der Waals surface area contributed by atoms with Gasteiger partial charge in [0.2, 0.25) is 0 Å². The van der Waals surface area contributed by atoms with Gasteiger partial charge in [-0.05, 0) is 48.5 Å². The van der Waals surface area contributed by atoms with Crippen molar-refractivity contribution in [1.29, 1.82) is 0 Å². The van der Waals surface area contributed by atoms with Gasteiger partial charge in [0, 0.05) is 35.0 Å². The maximum absolute atomic E-state index is 6.47. The van der Waals surface area contributed by atoms with E-state index in [9.17, 15) is 0 Å². The Hall–Kier alpha value is -5.30. The largest absolute Gasteiger partial charge is 0.456 e. The highest BCUT2D eigenvalue weighted by atomic mass is 16.3. The molecule has 0 bridgehead atoms. The summed E-state index contributed by atoms with van der Waals surface area (Å²) in [6.07, 6.45) is 3.67. The number of hydrogen-bond donors (Lipinski definition) is 0. The summed E-state index contributed by atoms with van der Waals surface area (Å²) in [6.45, 7) is 0. The molecule has 0 aliphatic rings. The maximum Gasteiger partial charge on any atom is 0.141 e. The lowest BCUT2D eigenvalue weighted by Gasteiger charge is -2.05. The molecule has 7 nitrogen and oxygen atoms in total. The second kappa shape index (κ2) is 6.67. The lowest BCUT2D eigenvalue weighted by atomic mass is 10.1. The molecule has 0 fully saturated rings. The summed E-state index contributed by atoms with van der Waals surface area (Å²) in [5.41, 5.74) is 10.2. The van der Waals surface area contributed by atoms with E-state index in [0.717, 1.165) is 66.7 Å². The average molecular weight is 479 g/mol. The molecular weight excluding hydrogens is 460 g/mol. The van der Waals surface area contributed by atoms with Crippen molar-refractivity contribution in [2.75, 3.05) is 0 Å². The minimum absolute atomic E-state index is 0.854. The first-order valence-corrected chi connectivity index (χ1v) is 12.2. The van der Waals surface area contributed by atoms with Gasteiger partial charge in [-0.3, -0.25) is 9.13 Å². The molecule has 0 N–H and O–H groups in total. The third kappa shape index (κ3) is 2.40. The van der Waals surface area contributed by atoms with Crippen molar-refractivity contribution >= 4 is 55.3 Å². The predicted octanol–water partition coefficient (Wildman–Crippen LogP) is 6.77. The van der Waals surface area contributed by atoms with E-state index in [1.165, 1.54) is 0 Å². The van der Waals surface area contributed by atoms with E-state index in [1.54, 1.807) is 0 Å². The van der Waals surface area contributed by atoms with E-state index in [4.69, 9.17) is 4.42 Å². The van der Waals surface area contributed by atoms with E-state index in [0.29, 0.717) is 0 Å². The number of furan rings is 1. The van der Waals surface area contributed by atoms with Crippen LogP contribution in [0.2, 0.25) is 0 Å². The molecule has 0 atom stereocenters. The van der Waals surface area contributed by atoms with Gasteiger partial charge in [0.1, 0.15) is 22.5 Å². The van der Waals surface area contributed by atoms with Crippen LogP contribution in [0.25, 0.3) is 66.7 Å². The van der Waals surface area contributed by atoms with Crippen molar-refractivity contribution in [1.82, 2.24) is 28.4 Å². The third-order valence-electron chi connectivity index (χ3n) is 7.36. The van der Waals surface area contributed by atoms with Crippen molar-refractivity contribution in [3.8, 4) is 11.4 Å². The molecule has 5 aromatic heterocycles. The van der Waals surface area contributed by atoms with Gasteiger partial charge >= 0.3 is 0 Å². The van der Waals surface area contributed by atoms with Crippen molar-refractivity contribution in [2.45, 2.75) is 0 Å². The molecule has 0 spiro atoms. The molecule has 0 saturated heterocycles. The van der Waals surface area contributed by atoms with Gasteiger partial charge < -0.3 is 4.42 Å². The maximum atomic E-state index is 6.47. The molecule has 37 heavy (non-hydrogen) atoms. The Morgan fingerprint density at radius 1 is 0.486 bits per heavy atom. The molecule has 9 rings (SSSR count). The summed E-state index contributed by atoms with van der Waals surface area (Å²) in [5.74, 6) is 0. The second-order valence-electron chi connectivity index (χ2n) is 9.31. The molecular formula is C30H18N6O. The molecule has 0 aliphatic carbocycles. The summed E-state index contributed by atoms with van der Waals surface area (Å²) >= 11 is 0. The lowest BCUT2D eigenvalue weighted by molar-refractivity contribution is 0.668. The monoisotopic (exact) mass is 478 g/mol. The van der Waals surface area contributed by atoms with Crippen molar-refractivity contribution in [3.05, 3.63) is 109 Å². The van der Waals surface area contributed by atoms with E-state index >= 15 is 0 Å². The molecule has 0 aliphatic heterocycles. The van der Waals surface area contributed by atoms with Gasteiger partial charge in [0.05, 0.1) is 45.8 Å². The van der Waals surface area contributed by atoms with Crippen LogP contribution in [-0.2, 0) is 0 Å². The highest BCUT2D eigenvalue weighted by Gasteiger charge is 2.17. The summed E-state index contributed by atoms with van der Waals surface area (Å²) in [4.78, 5) is 0. The Morgan fingerprint density at radius 2 is 0.946 bits per heavy atom. The Morgan fingerprint density at radius 3 is 1.43 bits per heavy atom. The van der Waals surface area contributed by atoms with Crippen molar-refractivity contribution in [3.63, 3.8) is 0 Å². The van der Waals surface area contributed by atoms with E-state index in [-0.39, 0.29) is 0 Å². The molecule has 7 heteroatoms. The van der Waals surface area contributed by atoms with Crippen LogP contribution in [0.4, 0.5) is 0 Å². The number of hydrogen-bond acceptors (Lipinski definition) is 3. The molecule has 0 saturated carbocycles. The van der Waals surface area contributed by atoms with Crippen molar-refractivity contribution in [2.24, 2.45) is 0 Å². The molecule has 9 aromatic rings. The first-order chi connectivity index (χ1) is 18.3. The molecule has 0 unspecified atom stereocenters. The van der Waals surface area contributed by atoms with Crippen LogP contribution in [0.1, 0.15) is 0 Å². The zero-order valence-corrected chi connectivity index (χ0v) is 19.5. The van der Waals surface area contributed by atoms with Crippen LogP contribution in [0, 0.1) is 0 Å². The van der Waals surface area contributed by atoms with Gasteiger partial charge in [-0.15, -0.1) is 0 Å². The van der Waals surface area contributed by atoms with Gasteiger partial charge in [-0.2, -0.15) is 10.2 Å². The summed E-state index contributed by atoms with van der Waals surface area (Å²) in [5, 5.41) is 11.2. The molecule has 5 heterocycles. The number of benzene rings is 4. The van der Waals surface area contributed by atoms with Gasteiger partial charge in [-0.1, -0.05) is 24.3 Å². The standard InChI is InChI=1S/C30H18N6O/c1-3-7-25-23(5-1)33(29-13-15-31-35(25)29)19-9-11-21-22-12-10-20(18-28(22)37-27(21)17-19)34-24-6-2-4-8-26(24)36-30(34)14-16-32-36/h1-18H. The first kappa shape index (κ1) is 19.0. The number of nitrogens with zero attached hydrogens (tertiary/aromatic N) is 6. The third-order valence-corrected chi connectivity index (χ3v) is 7.36. The number of rotatable bonds is 2. The molecule has 174 valence electrons. The topological polar surface area (TPSA) is 57.6 Å². The zero-order chi connectivity index (χ0) is 24.1. The van der Waals surface area contributed by atoms with Gasteiger partial charge in [-0.25, -0.2) is 9.03 Å². The van der Waals surface area contributed by atoms with Crippen molar-refractivity contribution < 1.29 is 4.42 Å². The smallest absolute Gasteiger partial charge is 0.141 e. The lowest BCUT2D eigenvalue weighted by Crippen LogP contribution is -1.93. The quantitative estimate of drug-likeness (QED) is 0.276. The van der Waals surface area contributed by atoms with E-state index in [1.807, 2.05) is 45.7 Å². The van der Waals surface area contributed by atoms with Crippen LogP contribution in [0.15, 0.2) is 114 Å². The van der Waals surface area contributed by atoms with Crippen LogP contribution in [0.5, 0.6) is 0 Å². The first-order valence-electron chi connectivity index (χ1n) is 12.2. The summed E-state index contributed by atoms with van der Waals surface area (Å²) < 4.78 is 14.9. The minimum atomic E-state index is 0.854. The van der Waals surface area contributed by atoms with Crippen LogP contribution < -0.4 is 0 Å². The Labute approximate surface area is 209 Å². The number of aromatic nitrogens is 6. The van der Waals surface area contributed by atoms with Crippen LogP contribution in [0.3, 0.4) is 0 Å². The van der Waals surface area contributed by atoms with Crippen LogP contribution >= 0.6 is 0 Å². The fraction of sp³-hybridized carbons (Fsp3) is 0. The second-order valence-corrected chi connectivity index (χ2v) is 9.31. The average Bonchev–Trinajstić information content (AvgIpc) is 3.73. The summed E-state index contributed by atoms with van der Waals surface area (Å²) in [7, 11) is 0. The SMILES string of the molecule is c1ccc2c(c1)n(-c1ccc3c(c1)oc1cc(-n4c5ccccc5n5nccc45)ccc13)c1ccnn21. The fourth-order valence-electron chi connectivity index (χ4n) is 5.79. The van der Waals surface area contributed by atoms with Crippen LogP contribution in [-0.4, -0.2) is 28.4 Å². The van der Waals surface area contributed by atoms with E-state index < -0.39 is 0 Å². The van der Waals surface area contributed by atoms with Gasteiger partial charge in [0.15, 0.2) is 0 Å². The fourth-order valence-corrected chi connectivity index (χ4v) is 5.79. The summed E-state index contributed by atoms with van der Waals surface area (Å²) in [6, 6.07) is 33.5. The molecule has 0 amide bonds.